The van der Waals surface area contributed by atoms with Crippen LogP contribution in [-0.4, -0.2) is 44.2 Å². The van der Waals surface area contributed by atoms with Gasteiger partial charge in [-0.15, -0.1) is 10.2 Å². The van der Waals surface area contributed by atoms with E-state index in [2.05, 4.69) is 32.6 Å². The maximum Gasteiger partial charge on any atom is 0.250 e. The summed E-state index contributed by atoms with van der Waals surface area (Å²) in [7, 11) is 0. The van der Waals surface area contributed by atoms with E-state index in [1.54, 1.807) is 30.7 Å². The number of benzene rings is 2. The number of aromatic nitrogens is 4. The Balaban J connectivity index is 1.36. The van der Waals surface area contributed by atoms with E-state index in [1.165, 1.54) is 11.8 Å². The van der Waals surface area contributed by atoms with Gasteiger partial charge < -0.3 is 4.74 Å². The zero-order chi connectivity index (χ0) is 25.9. The van der Waals surface area contributed by atoms with Crippen LogP contribution < -0.4 is 10.2 Å². The van der Waals surface area contributed by atoms with E-state index in [0.717, 1.165) is 41.8 Å². The highest BCUT2D eigenvalue weighted by molar-refractivity contribution is 7.99. The van der Waals surface area contributed by atoms with Gasteiger partial charge in [-0.25, -0.2) is 5.43 Å². The van der Waals surface area contributed by atoms with Crippen molar-refractivity contribution in [3.8, 4) is 22.8 Å². The minimum atomic E-state index is -0.256. The van der Waals surface area contributed by atoms with E-state index in [0.29, 0.717) is 22.6 Å². The van der Waals surface area contributed by atoms with Gasteiger partial charge in [0.15, 0.2) is 11.0 Å². The fourth-order valence-corrected chi connectivity index (χ4v) is 4.28. The average molecular weight is 535 g/mol. The Kier molecular flexibility index (Phi) is 9.67. The quantitative estimate of drug-likeness (QED) is 0.107. The van der Waals surface area contributed by atoms with Crippen LogP contribution in [0.4, 0.5) is 0 Å². The second kappa shape index (κ2) is 13.6. The van der Waals surface area contributed by atoms with Gasteiger partial charge >= 0.3 is 0 Å². The van der Waals surface area contributed by atoms with Crippen LogP contribution in [0.1, 0.15) is 31.7 Å². The van der Waals surface area contributed by atoms with Crippen LogP contribution in [0.5, 0.6) is 5.75 Å². The lowest BCUT2D eigenvalue weighted by molar-refractivity contribution is -0.118. The molecule has 37 heavy (non-hydrogen) atoms. The number of pyridine rings is 1. The fraction of sp³-hybridized carbons (Fsp3) is 0.222. The summed E-state index contributed by atoms with van der Waals surface area (Å²) in [5.74, 6) is 1.32. The summed E-state index contributed by atoms with van der Waals surface area (Å²) in [5.41, 5.74) is 5.11. The van der Waals surface area contributed by atoms with Crippen LogP contribution in [-0.2, 0) is 4.79 Å². The Hall–Kier alpha value is -3.69. The standard InChI is InChI=1S/C27H27ClN6O2S/c1-2-3-4-17-36-24-11-5-20(6-12-24)18-30-31-25(35)19-37-27-33-32-26(21-13-15-29-16-14-21)34(27)23-9-7-22(28)8-10-23/h5-16,18H,2-4,17,19H2,1H3,(H,31,35)/b30-18-. The number of amides is 1. The number of ether oxygens (including phenoxy) is 1. The maximum absolute atomic E-state index is 12.5. The zero-order valence-electron chi connectivity index (χ0n) is 20.4. The van der Waals surface area contributed by atoms with Crippen molar-refractivity contribution in [1.82, 2.24) is 25.2 Å². The first-order chi connectivity index (χ1) is 18.1. The van der Waals surface area contributed by atoms with Gasteiger partial charge in [-0.3, -0.25) is 14.3 Å². The molecule has 2 aromatic heterocycles. The predicted molar refractivity (Wildman–Crippen MR) is 148 cm³/mol. The fourth-order valence-electron chi connectivity index (χ4n) is 3.41. The summed E-state index contributed by atoms with van der Waals surface area (Å²) in [6.45, 7) is 2.88. The number of nitrogens with one attached hydrogen (secondary N) is 1. The molecule has 0 atom stereocenters. The lowest BCUT2D eigenvalue weighted by atomic mass is 10.2. The molecule has 2 heterocycles. The molecule has 1 N–H and O–H groups in total. The Morgan fingerprint density at radius 3 is 2.54 bits per heavy atom. The molecule has 4 aromatic rings. The van der Waals surface area contributed by atoms with E-state index in [-0.39, 0.29) is 11.7 Å². The highest BCUT2D eigenvalue weighted by Gasteiger charge is 2.17. The first-order valence-electron chi connectivity index (χ1n) is 11.9. The summed E-state index contributed by atoms with van der Waals surface area (Å²) < 4.78 is 7.61. The van der Waals surface area contributed by atoms with Crippen molar-refractivity contribution in [3.05, 3.63) is 83.6 Å². The second-order valence-electron chi connectivity index (χ2n) is 8.06. The summed E-state index contributed by atoms with van der Waals surface area (Å²) in [4.78, 5) is 16.5. The van der Waals surface area contributed by atoms with Crippen LogP contribution in [0, 0.1) is 0 Å². The number of rotatable bonds is 12. The van der Waals surface area contributed by atoms with Crippen LogP contribution in [0.25, 0.3) is 17.1 Å². The third-order valence-corrected chi connectivity index (χ3v) is 6.47. The third kappa shape index (κ3) is 7.65. The zero-order valence-corrected chi connectivity index (χ0v) is 22.0. The first kappa shape index (κ1) is 26.4. The Bertz CT molecular complexity index is 1310. The lowest BCUT2D eigenvalue weighted by Crippen LogP contribution is -2.20. The number of hydrogen-bond acceptors (Lipinski definition) is 7. The average Bonchev–Trinajstić information content (AvgIpc) is 3.36. The number of halogens is 1. The number of carbonyl (C=O) groups excluding carboxylic acids is 1. The third-order valence-electron chi connectivity index (χ3n) is 5.29. The predicted octanol–water partition coefficient (Wildman–Crippen LogP) is 5.79. The van der Waals surface area contributed by atoms with Gasteiger partial charge in [0.1, 0.15) is 5.75 Å². The van der Waals surface area contributed by atoms with Gasteiger partial charge in [0.25, 0.3) is 5.91 Å². The van der Waals surface area contributed by atoms with Gasteiger partial charge in [0, 0.05) is 28.7 Å². The molecule has 10 heteroatoms. The van der Waals surface area contributed by atoms with E-state index >= 15 is 0 Å². The second-order valence-corrected chi connectivity index (χ2v) is 9.44. The lowest BCUT2D eigenvalue weighted by Gasteiger charge is -2.10. The minimum Gasteiger partial charge on any atom is -0.494 e. The highest BCUT2D eigenvalue weighted by atomic mass is 35.5. The molecule has 0 saturated heterocycles. The molecule has 0 fully saturated rings. The van der Waals surface area contributed by atoms with Crippen LogP contribution >= 0.6 is 23.4 Å². The summed E-state index contributed by atoms with van der Waals surface area (Å²) in [5, 5.41) is 14.0. The number of unbranched alkanes of at least 4 members (excludes halogenated alkanes) is 2. The molecule has 0 saturated carbocycles. The Labute approximate surface area is 225 Å². The molecule has 0 aliphatic rings. The first-order valence-corrected chi connectivity index (χ1v) is 13.3. The van der Waals surface area contributed by atoms with Crippen LogP contribution in [0.15, 0.2) is 83.3 Å². The monoisotopic (exact) mass is 534 g/mol. The van der Waals surface area contributed by atoms with Gasteiger partial charge in [0.05, 0.1) is 18.6 Å². The van der Waals surface area contributed by atoms with Crippen molar-refractivity contribution in [3.63, 3.8) is 0 Å². The normalized spacial score (nSPS) is 11.1. The molecular weight excluding hydrogens is 508 g/mol. The van der Waals surface area contributed by atoms with Gasteiger partial charge in [-0.1, -0.05) is 43.1 Å². The van der Waals surface area contributed by atoms with Gasteiger partial charge in [-0.05, 0) is 72.6 Å². The number of carbonyl (C=O) groups is 1. The van der Waals surface area contributed by atoms with Crippen LogP contribution in [0.2, 0.25) is 5.02 Å². The van der Waals surface area contributed by atoms with Crippen molar-refractivity contribution in [2.45, 2.75) is 31.3 Å². The molecule has 0 unspecified atom stereocenters. The molecule has 0 radical (unpaired) electrons. The topological polar surface area (TPSA) is 94.3 Å². The molecular formula is C27H27ClN6O2S. The molecule has 0 bridgehead atoms. The smallest absolute Gasteiger partial charge is 0.250 e. The number of hydrogen-bond donors (Lipinski definition) is 1. The van der Waals surface area contributed by atoms with Crippen molar-refractivity contribution >= 4 is 35.5 Å². The van der Waals surface area contributed by atoms with E-state index in [1.807, 2.05) is 53.1 Å². The number of thioether (sulfide) groups is 1. The number of hydrazone groups is 1. The Morgan fingerprint density at radius 1 is 1.05 bits per heavy atom. The summed E-state index contributed by atoms with van der Waals surface area (Å²) in [6.07, 6.45) is 8.36. The van der Waals surface area contributed by atoms with E-state index in [9.17, 15) is 4.79 Å². The van der Waals surface area contributed by atoms with Crippen molar-refractivity contribution in [2.75, 3.05) is 12.4 Å². The van der Waals surface area contributed by atoms with E-state index < -0.39 is 0 Å². The molecule has 0 aliphatic heterocycles. The molecule has 0 aliphatic carbocycles. The minimum absolute atomic E-state index is 0.115. The molecule has 190 valence electrons. The largest absolute Gasteiger partial charge is 0.494 e. The summed E-state index contributed by atoms with van der Waals surface area (Å²) in [6, 6.07) is 18.7. The maximum atomic E-state index is 12.5. The Morgan fingerprint density at radius 2 is 1.81 bits per heavy atom. The van der Waals surface area contributed by atoms with E-state index in [4.69, 9.17) is 16.3 Å². The number of nitrogens with zero attached hydrogens (tertiary/aromatic N) is 5. The molecule has 1 amide bonds. The molecule has 0 spiro atoms. The van der Waals surface area contributed by atoms with Crippen LogP contribution in [0.3, 0.4) is 0 Å². The van der Waals surface area contributed by atoms with Crippen molar-refractivity contribution in [1.29, 1.82) is 0 Å². The van der Waals surface area contributed by atoms with Gasteiger partial charge in [0.2, 0.25) is 0 Å². The molecule has 8 nitrogen and oxygen atoms in total. The van der Waals surface area contributed by atoms with Gasteiger partial charge in [-0.2, -0.15) is 5.10 Å². The summed E-state index contributed by atoms with van der Waals surface area (Å²) >= 11 is 7.34. The SMILES string of the molecule is CCCCCOc1ccc(/C=N\NC(=O)CSc2nnc(-c3ccncc3)n2-c2ccc(Cl)cc2)cc1. The van der Waals surface area contributed by atoms with Crippen molar-refractivity contribution < 1.29 is 9.53 Å². The van der Waals surface area contributed by atoms with Crippen molar-refractivity contribution in [2.24, 2.45) is 5.10 Å². The highest BCUT2D eigenvalue weighted by Crippen LogP contribution is 2.28. The molecule has 2 aromatic carbocycles. The molecule has 4 rings (SSSR count).